The predicted octanol–water partition coefficient (Wildman–Crippen LogP) is 6.78. The minimum Gasteiger partial charge on any atom is -0.458 e. The number of cyclic esters (lactones) is 1. The SMILES string of the molecule is CCc1c2c(nc3ccc(OC(=O)N(C)CCN(C)C(=O)OCc4ccc(NC(=O)[C@H](CCCNC(N)=O)NC(=O)[C@@H](NC(=O)OCC5c6ccccc6-c6ccccc65)C(C)C)cc4)cc13)-c1cc3c(c(=O)n1C2)COC(=O)[C@]3(O)CC. The standard InChI is InChI=1S/C61H67N9O13/c1-7-38-43-28-37(23-24-48(43)65-52-44(38)30-70-50(52)29-47-46(55(70)73)33-80-56(74)61(47,79)8-2)83-60(78)69(6)27-26-68(5)59(77)82-31-35-19-21-36(22-20-35)64-53(71)49(18-13-25-63-57(62)75)66-54(72)51(34(3)4)67-58(76)81-32-45-41-16-11-9-14-39(41)40-15-10-12-17-42(40)45/h9-12,14-17,19-24,28-29,34,45,49,51,79H,7-8,13,18,25-27,30-33H2,1-6H3,(H,64,71)(H,66,72)(H,67,76)(H3,62,63,75)/t49-,51-,61-/m0/s1. The van der Waals surface area contributed by atoms with Gasteiger partial charge in [0.1, 0.15) is 37.7 Å². The zero-order chi connectivity index (χ0) is 59.3. The van der Waals surface area contributed by atoms with Crippen LogP contribution in [0, 0.1) is 5.92 Å². The molecule has 22 nitrogen and oxygen atoms in total. The fraction of sp³-hybridized carbons (Fsp3) is 0.361. The van der Waals surface area contributed by atoms with Gasteiger partial charge in [0.2, 0.25) is 11.8 Å². The number of nitrogens with zero attached hydrogens (tertiary/aromatic N) is 4. The van der Waals surface area contributed by atoms with Crippen LogP contribution in [0.3, 0.4) is 0 Å². The molecule has 0 unspecified atom stereocenters. The van der Waals surface area contributed by atoms with Crippen molar-refractivity contribution in [2.75, 3.05) is 45.7 Å². The van der Waals surface area contributed by atoms with E-state index in [0.29, 0.717) is 34.6 Å². The number of aliphatic hydroxyl groups is 1. The number of nitrogens with two attached hydrogens (primary N) is 1. The minimum atomic E-state index is -1.95. The number of amides is 7. The summed E-state index contributed by atoms with van der Waals surface area (Å²) in [4.78, 5) is 113. The molecule has 0 spiro atoms. The number of pyridine rings is 2. The van der Waals surface area contributed by atoms with Crippen LogP contribution in [0.4, 0.5) is 24.9 Å². The van der Waals surface area contributed by atoms with E-state index >= 15 is 0 Å². The lowest BCUT2D eigenvalue weighted by Gasteiger charge is -2.31. The molecule has 3 aliphatic rings. The normalized spacial score (nSPS) is 15.3. The molecule has 7 amide bonds. The Labute approximate surface area is 478 Å². The number of hydrogen-bond donors (Lipinski definition) is 6. The van der Waals surface area contributed by atoms with Gasteiger partial charge in [-0.2, -0.15) is 0 Å². The molecule has 1 aliphatic carbocycles. The zero-order valence-electron chi connectivity index (χ0n) is 47.0. The molecule has 4 aromatic carbocycles. The van der Waals surface area contributed by atoms with Crippen molar-refractivity contribution < 1.29 is 57.6 Å². The van der Waals surface area contributed by atoms with E-state index in [0.717, 1.165) is 38.8 Å². The smallest absolute Gasteiger partial charge is 0.415 e. The summed E-state index contributed by atoms with van der Waals surface area (Å²) in [6, 6.07) is 26.3. The number of ether oxygens (including phenoxy) is 4. The average Bonchev–Trinajstić information content (AvgIpc) is 2.61. The molecular weight excluding hydrogens is 1070 g/mol. The Balaban J connectivity index is 0.751. The van der Waals surface area contributed by atoms with Crippen LogP contribution < -0.4 is 37.3 Å². The van der Waals surface area contributed by atoms with Crippen molar-refractivity contribution in [2.45, 2.75) is 96.7 Å². The predicted molar refractivity (Wildman–Crippen MR) is 306 cm³/mol. The number of likely N-dealkylation sites (N-methyl/N-ethyl adjacent to an activating group) is 2. The van der Waals surface area contributed by atoms with Crippen LogP contribution in [-0.4, -0.2) is 119 Å². The van der Waals surface area contributed by atoms with Gasteiger partial charge in [0.05, 0.1) is 29.0 Å². The Morgan fingerprint density at radius 1 is 0.843 bits per heavy atom. The largest absolute Gasteiger partial charge is 0.458 e. The van der Waals surface area contributed by atoms with E-state index in [4.69, 9.17) is 29.7 Å². The highest BCUT2D eigenvalue weighted by molar-refractivity contribution is 5.98. The lowest BCUT2D eigenvalue weighted by Crippen LogP contribution is -2.54. The van der Waals surface area contributed by atoms with Gasteiger partial charge in [-0.25, -0.2) is 29.0 Å². The first-order chi connectivity index (χ1) is 39.8. The second kappa shape index (κ2) is 24.8. The van der Waals surface area contributed by atoms with Gasteiger partial charge in [0, 0.05) is 61.8 Å². The second-order valence-electron chi connectivity index (χ2n) is 21.2. The zero-order valence-corrected chi connectivity index (χ0v) is 47.0. The highest BCUT2D eigenvalue weighted by Gasteiger charge is 2.46. The molecule has 3 atom stereocenters. The lowest BCUT2D eigenvalue weighted by molar-refractivity contribution is -0.172. The number of primary amides is 1. The summed E-state index contributed by atoms with van der Waals surface area (Å²) in [6.45, 7) is 7.39. The van der Waals surface area contributed by atoms with Crippen molar-refractivity contribution in [3.63, 3.8) is 0 Å². The number of fused-ring (bicyclic) bond motifs is 8. The number of alkyl carbamates (subject to hydrolysis) is 1. The maximum absolute atomic E-state index is 13.8. The highest BCUT2D eigenvalue weighted by atomic mass is 16.6. The highest BCUT2D eigenvalue weighted by Crippen LogP contribution is 2.45. The number of nitrogens with one attached hydrogen (secondary N) is 4. The van der Waals surface area contributed by atoms with Crippen molar-refractivity contribution in [1.82, 2.24) is 35.3 Å². The molecule has 0 fully saturated rings. The van der Waals surface area contributed by atoms with E-state index in [1.54, 1.807) is 73.9 Å². The second-order valence-corrected chi connectivity index (χ2v) is 21.2. The molecular formula is C61H67N9O13. The van der Waals surface area contributed by atoms with Gasteiger partial charge in [0.25, 0.3) is 5.56 Å². The topological polar surface area (TPSA) is 292 Å². The van der Waals surface area contributed by atoms with Crippen LogP contribution in [0.2, 0.25) is 0 Å². The fourth-order valence-electron chi connectivity index (χ4n) is 10.8. The van der Waals surface area contributed by atoms with Crippen LogP contribution in [0.25, 0.3) is 33.4 Å². The summed E-state index contributed by atoms with van der Waals surface area (Å²) in [5.41, 5.74) is 12.0. The first-order valence-electron chi connectivity index (χ1n) is 27.6. The van der Waals surface area contributed by atoms with Crippen LogP contribution >= 0.6 is 0 Å². The first-order valence-corrected chi connectivity index (χ1v) is 27.6. The number of anilines is 1. The molecule has 0 saturated heterocycles. The van der Waals surface area contributed by atoms with Gasteiger partial charge in [-0.1, -0.05) is 88.4 Å². The van der Waals surface area contributed by atoms with Crippen LogP contribution in [0.5, 0.6) is 5.75 Å². The Hall–Kier alpha value is -9.31. The third kappa shape index (κ3) is 12.3. The van der Waals surface area contributed by atoms with Gasteiger partial charge >= 0.3 is 30.3 Å². The Kier molecular flexibility index (Phi) is 17.4. The summed E-state index contributed by atoms with van der Waals surface area (Å²) in [7, 11) is 3.06. The van der Waals surface area contributed by atoms with Gasteiger partial charge in [-0.3, -0.25) is 14.4 Å². The van der Waals surface area contributed by atoms with E-state index in [2.05, 4.69) is 21.3 Å². The third-order valence-electron chi connectivity index (χ3n) is 15.5. The monoisotopic (exact) mass is 1130 g/mol. The number of rotatable bonds is 20. The number of aryl methyl sites for hydroxylation is 1. The molecule has 22 heteroatoms. The summed E-state index contributed by atoms with van der Waals surface area (Å²) in [5.74, 6) is -2.30. The fourth-order valence-corrected chi connectivity index (χ4v) is 10.8. The molecule has 9 rings (SSSR count). The third-order valence-corrected chi connectivity index (χ3v) is 15.5. The summed E-state index contributed by atoms with van der Waals surface area (Å²) in [5, 5.41) is 22.8. The Morgan fingerprint density at radius 2 is 1.52 bits per heavy atom. The Bertz CT molecular complexity index is 3540. The number of hydrogen-bond acceptors (Lipinski definition) is 14. The molecule has 6 aromatic rings. The molecule has 2 aromatic heterocycles. The summed E-state index contributed by atoms with van der Waals surface area (Å²) >= 11 is 0. The van der Waals surface area contributed by atoms with Crippen LogP contribution in [0.1, 0.15) is 91.8 Å². The lowest BCUT2D eigenvalue weighted by atomic mass is 9.86. The van der Waals surface area contributed by atoms with Crippen molar-refractivity contribution in [1.29, 1.82) is 0 Å². The van der Waals surface area contributed by atoms with E-state index in [9.17, 15) is 43.5 Å². The molecule has 0 saturated carbocycles. The first kappa shape index (κ1) is 58.3. The maximum Gasteiger partial charge on any atom is 0.415 e. The number of benzene rings is 4. The number of urea groups is 1. The molecule has 434 valence electrons. The average molecular weight is 1130 g/mol. The molecule has 4 heterocycles. The minimum absolute atomic E-state index is 0.0275. The van der Waals surface area contributed by atoms with E-state index < -0.39 is 65.7 Å². The quantitative estimate of drug-likeness (QED) is 0.0261. The molecule has 7 N–H and O–H groups in total. The van der Waals surface area contributed by atoms with E-state index in [-0.39, 0.29) is 93.6 Å². The van der Waals surface area contributed by atoms with Crippen LogP contribution in [-0.2, 0) is 60.4 Å². The molecule has 83 heavy (non-hydrogen) atoms. The molecule has 0 bridgehead atoms. The van der Waals surface area contributed by atoms with Gasteiger partial charge in [-0.15, -0.1) is 0 Å². The van der Waals surface area contributed by atoms with Gasteiger partial charge in [-0.05, 0) is 101 Å². The molecule has 0 radical (unpaired) electrons. The number of esters is 1. The number of carbonyl (C=O) groups is 7. The van der Waals surface area contributed by atoms with Gasteiger partial charge < -0.3 is 65.4 Å². The van der Waals surface area contributed by atoms with E-state index in [1.165, 1.54) is 23.9 Å². The summed E-state index contributed by atoms with van der Waals surface area (Å²) < 4.78 is 23.8. The van der Waals surface area contributed by atoms with Crippen LogP contribution in [0.15, 0.2) is 102 Å². The van der Waals surface area contributed by atoms with Crippen molar-refractivity contribution >= 4 is 58.7 Å². The van der Waals surface area contributed by atoms with Crippen molar-refractivity contribution in [2.24, 2.45) is 11.7 Å². The van der Waals surface area contributed by atoms with Gasteiger partial charge in [0.15, 0.2) is 5.60 Å². The summed E-state index contributed by atoms with van der Waals surface area (Å²) in [6.07, 6.45) is -1.14. The van der Waals surface area contributed by atoms with Crippen molar-refractivity contribution in [3.05, 3.63) is 146 Å². The van der Waals surface area contributed by atoms with Crippen molar-refractivity contribution in [3.8, 4) is 28.3 Å². The maximum atomic E-state index is 13.8. The Morgan fingerprint density at radius 3 is 2.17 bits per heavy atom. The number of aromatic nitrogens is 2. The molecule has 2 aliphatic heterocycles. The van der Waals surface area contributed by atoms with E-state index in [1.807, 2.05) is 55.5 Å². The number of carbonyl (C=O) groups excluding carboxylic acids is 7.